The van der Waals surface area contributed by atoms with Gasteiger partial charge in [-0.05, 0) is 70.0 Å². The summed E-state index contributed by atoms with van der Waals surface area (Å²) in [7, 11) is 0. The van der Waals surface area contributed by atoms with E-state index in [4.69, 9.17) is 0 Å². The summed E-state index contributed by atoms with van der Waals surface area (Å²) in [4.78, 5) is 0. The quantitative estimate of drug-likeness (QED) is 0.610. The molecule has 0 unspecified atom stereocenters. The minimum atomic E-state index is 0.975. The summed E-state index contributed by atoms with van der Waals surface area (Å²) in [5, 5.41) is 2.76. The monoisotopic (exact) mass is 360 g/mol. The molecule has 0 radical (unpaired) electrons. The average molecular weight is 361 g/mol. The maximum Gasteiger partial charge on any atom is -0.00516 e. The van der Waals surface area contributed by atoms with E-state index in [1.807, 2.05) is 0 Å². The van der Waals surface area contributed by atoms with Crippen LogP contribution in [0, 0.1) is 0 Å². The van der Waals surface area contributed by atoms with Gasteiger partial charge < -0.3 is 0 Å². The van der Waals surface area contributed by atoms with Crippen molar-refractivity contribution in [3.63, 3.8) is 0 Å². The van der Waals surface area contributed by atoms with Gasteiger partial charge >= 0.3 is 0 Å². The highest BCUT2D eigenvalue weighted by molar-refractivity contribution is 5.82. The van der Waals surface area contributed by atoms with Gasteiger partial charge in [0.2, 0.25) is 0 Å². The van der Waals surface area contributed by atoms with Crippen molar-refractivity contribution in [3.05, 3.63) is 117 Å². The van der Waals surface area contributed by atoms with Gasteiger partial charge in [0, 0.05) is 0 Å². The van der Waals surface area contributed by atoms with E-state index in [9.17, 15) is 0 Å². The van der Waals surface area contributed by atoms with Gasteiger partial charge in [-0.25, -0.2) is 0 Å². The summed E-state index contributed by atoms with van der Waals surface area (Å²) in [5.74, 6) is 0. The molecule has 0 atom stereocenters. The molecule has 28 heavy (non-hydrogen) atoms. The van der Waals surface area contributed by atoms with Crippen LogP contribution >= 0.6 is 0 Å². The Hall–Kier alpha value is -3.12. The zero-order valence-electron chi connectivity index (χ0n) is 16.3. The van der Waals surface area contributed by atoms with E-state index in [2.05, 4.69) is 98.0 Å². The molecule has 0 saturated carbocycles. The van der Waals surface area contributed by atoms with E-state index < -0.39 is 0 Å². The van der Waals surface area contributed by atoms with Gasteiger partial charge in [-0.3, -0.25) is 0 Å². The summed E-state index contributed by atoms with van der Waals surface area (Å²) < 4.78 is 0. The first-order chi connectivity index (χ1) is 13.8. The number of allylic oxidation sites excluding steroid dienone is 8. The number of fused-ring (bicyclic) bond motifs is 4. The van der Waals surface area contributed by atoms with Crippen molar-refractivity contribution in [3.8, 4) is 0 Å². The van der Waals surface area contributed by atoms with Gasteiger partial charge in [-0.1, -0.05) is 96.6 Å². The Kier molecular flexibility index (Phi) is 4.33. The largest absolute Gasteiger partial charge is 0.0795 e. The molecular weight excluding hydrogens is 336 g/mol. The predicted molar refractivity (Wildman–Crippen MR) is 121 cm³/mol. The maximum atomic E-state index is 2.40. The maximum absolute atomic E-state index is 2.40. The standard InChI is InChI=1S/C28H24/c1-20-23-11-3-2-9-21(17-23)18-28(27-16-7-6-15-26(20)27)25-14-8-13-22-10-4-5-12-24(22)19-25/h2-13,15-16,19H,14,17-18H2,1H3/b26-20-,28-27+. The molecule has 0 N–H and O–H groups in total. The normalized spacial score (nSPS) is 21.8. The first kappa shape index (κ1) is 17.0. The van der Waals surface area contributed by atoms with Crippen LogP contribution in [0.2, 0.25) is 0 Å². The molecule has 0 aromatic heterocycles. The van der Waals surface area contributed by atoms with Crippen LogP contribution in [0.4, 0.5) is 0 Å². The summed E-state index contributed by atoms with van der Waals surface area (Å²) in [6.07, 6.45) is 19.0. The number of rotatable bonds is 1. The van der Waals surface area contributed by atoms with Crippen molar-refractivity contribution in [2.24, 2.45) is 0 Å². The van der Waals surface area contributed by atoms with Gasteiger partial charge in [0.15, 0.2) is 0 Å². The van der Waals surface area contributed by atoms with Crippen molar-refractivity contribution >= 4 is 23.3 Å². The first-order valence-electron chi connectivity index (χ1n) is 10.1. The van der Waals surface area contributed by atoms with Gasteiger partial charge in [-0.15, -0.1) is 0 Å². The first-order valence-corrected chi connectivity index (χ1v) is 10.1. The van der Waals surface area contributed by atoms with Gasteiger partial charge in [0.05, 0.1) is 0 Å². The van der Waals surface area contributed by atoms with Crippen LogP contribution in [0.3, 0.4) is 0 Å². The summed E-state index contributed by atoms with van der Waals surface area (Å²) in [5.41, 5.74) is 9.85. The Morgan fingerprint density at radius 2 is 1.46 bits per heavy atom. The topological polar surface area (TPSA) is 0 Å². The highest BCUT2D eigenvalue weighted by Crippen LogP contribution is 2.33. The van der Waals surface area contributed by atoms with Crippen LogP contribution in [0.25, 0.3) is 23.3 Å². The molecule has 0 fully saturated rings. The predicted octanol–water partition coefficient (Wildman–Crippen LogP) is 5.72. The van der Waals surface area contributed by atoms with E-state index in [0.717, 1.165) is 19.3 Å². The van der Waals surface area contributed by atoms with Crippen molar-refractivity contribution < 1.29 is 0 Å². The molecule has 0 heterocycles. The lowest BCUT2D eigenvalue weighted by molar-refractivity contribution is 1.06. The molecule has 2 aromatic carbocycles. The Morgan fingerprint density at radius 1 is 0.714 bits per heavy atom. The second kappa shape index (κ2) is 7.13. The number of benzene rings is 2. The second-order valence-corrected chi connectivity index (χ2v) is 7.81. The average Bonchev–Trinajstić information content (AvgIpc) is 3.09. The Balaban J connectivity index is 1.83. The fourth-order valence-corrected chi connectivity index (χ4v) is 4.52. The minimum absolute atomic E-state index is 0.975. The minimum Gasteiger partial charge on any atom is -0.0795 e. The van der Waals surface area contributed by atoms with E-state index in [-0.39, 0.29) is 0 Å². The van der Waals surface area contributed by atoms with Crippen LogP contribution in [0.5, 0.6) is 0 Å². The number of hydrogen-bond donors (Lipinski definition) is 0. The lowest BCUT2D eigenvalue weighted by Crippen LogP contribution is -2.30. The lowest BCUT2D eigenvalue weighted by atomic mass is 9.85. The molecule has 3 aliphatic rings. The van der Waals surface area contributed by atoms with Crippen LogP contribution in [0.15, 0.2) is 95.6 Å². The molecule has 0 heteroatoms. The molecule has 2 bridgehead atoms. The molecule has 5 rings (SSSR count). The Morgan fingerprint density at radius 3 is 2.36 bits per heavy atom. The zero-order chi connectivity index (χ0) is 18.9. The lowest BCUT2D eigenvalue weighted by Gasteiger charge is -2.19. The van der Waals surface area contributed by atoms with Gasteiger partial charge in [0.1, 0.15) is 0 Å². The zero-order valence-corrected chi connectivity index (χ0v) is 16.3. The molecule has 0 saturated heterocycles. The summed E-state index contributed by atoms with van der Waals surface area (Å²) >= 11 is 0. The Bertz CT molecular complexity index is 1220. The molecule has 3 aliphatic carbocycles. The van der Waals surface area contributed by atoms with Gasteiger partial charge in [-0.2, -0.15) is 0 Å². The third-order valence-corrected chi connectivity index (χ3v) is 6.05. The molecular formula is C28H24. The van der Waals surface area contributed by atoms with Crippen LogP contribution < -0.4 is 10.4 Å². The Labute approximate surface area is 166 Å². The van der Waals surface area contributed by atoms with Crippen LogP contribution in [0.1, 0.15) is 37.3 Å². The molecule has 0 amide bonds. The molecule has 2 aromatic rings. The van der Waals surface area contributed by atoms with Crippen molar-refractivity contribution in [2.45, 2.75) is 26.2 Å². The molecule has 0 spiro atoms. The third-order valence-electron chi connectivity index (χ3n) is 6.05. The third kappa shape index (κ3) is 3.05. The molecule has 0 nitrogen and oxygen atoms in total. The highest BCUT2D eigenvalue weighted by atomic mass is 14.2. The van der Waals surface area contributed by atoms with E-state index in [0.29, 0.717) is 0 Å². The summed E-state index contributed by atoms with van der Waals surface area (Å²) in [6.45, 7) is 2.28. The number of hydrogen-bond acceptors (Lipinski definition) is 0. The van der Waals surface area contributed by atoms with Crippen molar-refractivity contribution in [2.75, 3.05) is 0 Å². The van der Waals surface area contributed by atoms with Crippen LogP contribution in [-0.2, 0) is 0 Å². The molecule has 0 aliphatic heterocycles. The van der Waals surface area contributed by atoms with Gasteiger partial charge in [0.25, 0.3) is 0 Å². The second-order valence-electron chi connectivity index (χ2n) is 7.81. The van der Waals surface area contributed by atoms with Crippen molar-refractivity contribution in [1.29, 1.82) is 0 Å². The molecule has 136 valence electrons. The SMILES string of the molecule is C/C1=c2\cccc\c2=C(/C2=Cc3ccccc3C=CC2)CC2=CC=CC=C1C2. The fraction of sp³-hybridized carbons (Fsp3) is 0.143. The highest BCUT2D eigenvalue weighted by Gasteiger charge is 2.17. The summed E-state index contributed by atoms with van der Waals surface area (Å²) in [6, 6.07) is 17.6. The fourth-order valence-electron chi connectivity index (χ4n) is 4.52. The van der Waals surface area contributed by atoms with Crippen molar-refractivity contribution in [1.82, 2.24) is 0 Å². The van der Waals surface area contributed by atoms with E-state index >= 15 is 0 Å². The van der Waals surface area contributed by atoms with Crippen LogP contribution in [-0.4, -0.2) is 0 Å². The van der Waals surface area contributed by atoms with E-state index in [1.165, 1.54) is 49.4 Å². The van der Waals surface area contributed by atoms with E-state index in [1.54, 1.807) is 0 Å². The smallest absolute Gasteiger partial charge is 0.00516 e.